The predicted molar refractivity (Wildman–Crippen MR) is 190 cm³/mol. The Bertz CT molecular complexity index is 2450. The van der Waals surface area contributed by atoms with E-state index in [1.165, 1.54) is 73.6 Å². The quantitative estimate of drug-likeness (QED) is 0.199. The molecule has 9 rings (SSSR count). The summed E-state index contributed by atoms with van der Waals surface area (Å²) in [7, 11) is 0. The molecule has 202 valence electrons. The molecule has 2 heterocycles. The molecule has 0 spiro atoms. The third-order valence-corrected chi connectivity index (χ3v) is 10.8. The Morgan fingerprint density at radius 1 is 0.372 bits per heavy atom. The molecule has 0 aliphatic rings. The second kappa shape index (κ2) is 9.81. The maximum Gasteiger partial charge on any atom is 0.0640 e. The fourth-order valence-corrected chi connectivity index (χ4v) is 8.77. The first kappa shape index (κ1) is 24.6. The number of hydrogen-bond donors (Lipinski definition) is 0. The van der Waals surface area contributed by atoms with E-state index in [0.717, 1.165) is 5.69 Å². The summed E-state index contributed by atoms with van der Waals surface area (Å²) in [6.07, 6.45) is 0. The van der Waals surface area contributed by atoms with Crippen LogP contribution in [0.3, 0.4) is 0 Å². The van der Waals surface area contributed by atoms with Crippen molar-refractivity contribution >= 4 is 90.9 Å². The molecule has 0 saturated heterocycles. The highest BCUT2D eigenvalue weighted by Gasteiger charge is 2.20. The van der Waals surface area contributed by atoms with E-state index in [9.17, 15) is 0 Å². The fourth-order valence-electron chi connectivity index (χ4n) is 6.42. The number of rotatable bonds is 4. The third kappa shape index (κ3) is 3.97. The van der Waals surface area contributed by atoms with Gasteiger partial charge in [0.1, 0.15) is 0 Å². The van der Waals surface area contributed by atoms with Gasteiger partial charge in [0.2, 0.25) is 0 Å². The van der Waals surface area contributed by atoms with Crippen molar-refractivity contribution in [2.75, 3.05) is 4.90 Å². The Morgan fingerprint density at radius 3 is 1.81 bits per heavy atom. The van der Waals surface area contributed by atoms with Crippen LogP contribution in [0, 0.1) is 0 Å². The Morgan fingerprint density at radius 2 is 1.00 bits per heavy atom. The molecule has 0 fully saturated rings. The number of fused-ring (bicyclic) bond motifs is 7. The first-order valence-corrected chi connectivity index (χ1v) is 16.1. The minimum Gasteiger partial charge on any atom is -0.308 e. The molecule has 0 atom stereocenters. The SMILES string of the molecule is c1ccc(-c2ccc(N(c3cccc4cc5sc6ccccc6c5cc34)c3cccc4c3sc3ccccc34)cc2)cc1. The highest BCUT2D eigenvalue weighted by atomic mass is 32.1. The van der Waals surface area contributed by atoms with E-state index in [1.54, 1.807) is 0 Å². The van der Waals surface area contributed by atoms with Gasteiger partial charge in [0.05, 0.1) is 16.1 Å². The molecule has 0 amide bonds. The third-order valence-electron chi connectivity index (χ3n) is 8.45. The zero-order valence-corrected chi connectivity index (χ0v) is 24.8. The van der Waals surface area contributed by atoms with Crippen molar-refractivity contribution in [3.8, 4) is 11.1 Å². The largest absolute Gasteiger partial charge is 0.308 e. The van der Waals surface area contributed by atoms with Crippen LogP contribution in [0.2, 0.25) is 0 Å². The van der Waals surface area contributed by atoms with Gasteiger partial charge in [0, 0.05) is 46.7 Å². The van der Waals surface area contributed by atoms with Gasteiger partial charge in [-0.15, -0.1) is 22.7 Å². The lowest BCUT2D eigenvalue weighted by molar-refractivity contribution is 1.32. The van der Waals surface area contributed by atoms with Crippen LogP contribution >= 0.6 is 22.7 Å². The van der Waals surface area contributed by atoms with E-state index in [2.05, 4.69) is 157 Å². The Labute approximate surface area is 257 Å². The maximum absolute atomic E-state index is 2.47. The summed E-state index contributed by atoms with van der Waals surface area (Å²) in [6, 6.07) is 55.4. The van der Waals surface area contributed by atoms with E-state index in [-0.39, 0.29) is 0 Å². The van der Waals surface area contributed by atoms with Gasteiger partial charge < -0.3 is 4.90 Å². The minimum absolute atomic E-state index is 1.15. The van der Waals surface area contributed by atoms with Crippen LogP contribution in [0.25, 0.3) is 62.2 Å². The zero-order chi connectivity index (χ0) is 28.3. The van der Waals surface area contributed by atoms with E-state index in [1.807, 2.05) is 22.7 Å². The number of nitrogens with zero attached hydrogens (tertiary/aromatic N) is 1. The molecule has 9 aromatic rings. The fraction of sp³-hybridized carbons (Fsp3) is 0. The molecular formula is C40H25NS2. The molecule has 0 bridgehead atoms. The molecule has 0 unspecified atom stereocenters. The van der Waals surface area contributed by atoms with Gasteiger partial charge in [0.25, 0.3) is 0 Å². The average Bonchev–Trinajstić information content (AvgIpc) is 3.63. The molecule has 0 saturated carbocycles. The standard InChI is InChI=1S/C40H25NS2/c1-2-10-26(11-3-1)27-20-22-29(23-21-27)41(36-17-9-15-32-30-13-4-7-19-38(30)43-40(32)36)35-16-8-12-28-24-39-34(25-33(28)35)31-14-5-6-18-37(31)42-39/h1-25H. The first-order valence-electron chi connectivity index (χ1n) is 14.5. The molecule has 1 nitrogen and oxygen atoms in total. The van der Waals surface area contributed by atoms with Crippen molar-refractivity contribution in [2.24, 2.45) is 0 Å². The summed E-state index contributed by atoms with van der Waals surface area (Å²) in [4.78, 5) is 2.47. The molecule has 2 aromatic heterocycles. The monoisotopic (exact) mass is 583 g/mol. The van der Waals surface area contributed by atoms with Crippen molar-refractivity contribution < 1.29 is 0 Å². The summed E-state index contributed by atoms with van der Waals surface area (Å²) in [5.41, 5.74) is 5.98. The lowest BCUT2D eigenvalue weighted by Crippen LogP contribution is -2.10. The number of thiophene rings is 2. The van der Waals surface area contributed by atoms with Gasteiger partial charge in [-0.25, -0.2) is 0 Å². The molecule has 0 radical (unpaired) electrons. The van der Waals surface area contributed by atoms with Crippen LogP contribution in [0.4, 0.5) is 17.1 Å². The molecule has 7 aromatic carbocycles. The van der Waals surface area contributed by atoms with Crippen LogP contribution in [0.15, 0.2) is 152 Å². The highest BCUT2D eigenvalue weighted by molar-refractivity contribution is 7.26. The number of hydrogen-bond acceptors (Lipinski definition) is 3. The first-order chi connectivity index (χ1) is 21.3. The van der Waals surface area contributed by atoms with Crippen LogP contribution < -0.4 is 4.90 Å². The minimum atomic E-state index is 1.15. The van der Waals surface area contributed by atoms with Crippen molar-refractivity contribution in [2.45, 2.75) is 0 Å². The Hall–Kier alpha value is -4.96. The van der Waals surface area contributed by atoms with Gasteiger partial charge >= 0.3 is 0 Å². The van der Waals surface area contributed by atoms with Crippen LogP contribution in [-0.2, 0) is 0 Å². The second-order valence-corrected chi connectivity index (χ2v) is 13.1. The number of benzene rings is 7. The smallest absolute Gasteiger partial charge is 0.0640 e. The van der Waals surface area contributed by atoms with Crippen molar-refractivity contribution in [3.63, 3.8) is 0 Å². The summed E-state index contributed by atoms with van der Waals surface area (Å²) < 4.78 is 5.28. The molecule has 0 aliphatic heterocycles. The van der Waals surface area contributed by atoms with Gasteiger partial charge in [-0.2, -0.15) is 0 Å². The topological polar surface area (TPSA) is 3.24 Å². The predicted octanol–water partition coefficient (Wildman–Crippen LogP) is 12.7. The van der Waals surface area contributed by atoms with Crippen molar-refractivity contribution in [1.82, 2.24) is 0 Å². The van der Waals surface area contributed by atoms with Crippen molar-refractivity contribution in [3.05, 3.63) is 152 Å². The Balaban J connectivity index is 1.33. The Kier molecular flexibility index (Phi) is 5.62. The molecule has 3 heteroatoms. The van der Waals surface area contributed by atoms with Gasteiger partial charge in [-0.1, -0.05) is 103 Å². The maximum atomic E-state index is 2.47. The van der Waals surface area contributed by atoms with Crippen LogP contribution in [0.5, 0.6) is 0 Å². The highest BCUT2D eigenvalue weighted by Crippen LogP contribution is 2.47. The molecule has 43 heavy (non-hydrogen) atoms. The lowest BCUT2D eigenvalue weighted by Gasteiger charge is -2.27. The average molecular weight is 584 g/mol. The number of anilines is 3. The van der Waals surface area contributed by atoms with Crippen LogP contribution in [0.1, 0.15) is 0 Å². The van der Waals surface area contributed by atoms with Gasteiger partial charge in [-0.05, 0) is 65.0 Å². The van der Waals surface area contributed by atoms with E-state index in [0.29, 0.717) is 0 Å². The van der Waals surface area contributed by atoms with E-state index in [4.69, 9.17) is 0 Å². The van der Waals surface area contributed by atoms with Gasteiger partial charge in [-0.3, -0.25) is 0 Å². The lowest BCUT2D eigenvalue weighted by atomic mass is 10.0. The van der Waals surface area contributed by atoms with E-state index >= 15 is 0 Å². The molecule has 0 aliphatic carbocycles. The second-order valence-electron chi connectivity index (χ2n) is 10.9. The molecule has 0 N–H and O–H groups in total. The van der Waals surface area contributed by atoms with E-state index < -0.39 is 0 Å². The van der Waals surface area contributed by atoms with Gasteiger partial charge in [0.15, 0.2) is 0 Å². The summed E-state index contributed by atoms with van der Waals surface area (Å²) >= 11 is 3.75. The summed E-state index contributed by atoms with van der Waals surface area (Å²) in [5, 5.41) is 7.77. The summed E-state index contributed by atoms with van der Waals surface area (Å²) in [6.45, 7) is 0. The van der Waals surface area contributed by atoms with Crippen molar-refractivity contribution in [1.29, 1.82) is 0 Å². The normalized spacial score (nSPS) is 11.7. The molecular weight excluding hydrogens is 559 g/mol. The zero-order valence-electron chi connectivity index (χ0n) is 23.2. The summed E-state index contributed by atoms with van der Waals surface area (Å²) in [5.74, 6) is 0. The van der Waals surface area contributed by atoms with Crippen LogP contribution in [-0.4, -0.2) is 0 Å².